The van der Waals surface area contributed by atoms with Crippen LogP contribution in [-0.2, 0) is 9.47 Å². The maximum atomic E-state index is 5.90. The van der Waals surface area contributed by atoms with E-state index >= 15 is 0 Å². The Morgan fingerprint density at radius 1 is 1.32 bits per heavy atom. The minimum atomic E-state index is -0.450. The predicted molar refractivity (Wildman–Crippen MR) is 78.6 cm³/mol. The van der Waals surface area contributed by atoms with Gasteiger partial charge in [0.1, 0.15) is 5.75 Å². The van der Waals surface area contributed by atoms with Gasteiger partial charge in [-0.2, -0.15) is 0 Å². The van der Waals surface area contributed by atoms with E-state index in [1.807, 2.05) is 13.8 Å². The van der Waals surface area contributed by atoms with Crippen molar-refractivity contribution in [2.45, 2.75) is 46.0 Å². The number of hydrogen-bond acceptors (Lipinski definition) is 3. The molecule has 0 bridgehead atoms. The summed E-state index contributed by atoms with van der Waals surface area (Å²) in [5.74, 6) is 0.523. The van der Waals surface area contributed by atoms with Gasteiger partial charge in [-0.1, -0.05) is 15.9 Å². The van der Waals surface area contributed by atoms with E-state index in [0.717, 1.165) is 27.8 Å². The van der Waals surface area contributed by atoms with E-state index in [9.17, 15) is 0 Å². The van der Waals surface area contributed by atoms with Crippen LogP contribution in [0.2, 0.25) is 0 Å². The Bertz CT molecular complexity index is 434. The first-order valence-electron chi connectivity index (χ1n) is 6.59. The Labute approximate surface area is 123 Å². The number of aryl methyl sites for hydroxylation is 2. The summed E-state index contributed by atoms with van der Waals surface area (Å²) in [6, 6.07) is 4.14. The quantitative estimate of drug-likeness (QED) is 0.836. The molecule has 3 nitrogen and oxygen atoms in total. The van der Waals surface area contributed by atoms with Crippen molar-refractivity contribution in [3.05, 3.63) is 27.7 Å². The van der Waals surface area contributed by atoms with E-state index in [1.165, 1.54) is 0 Å². The molecule has 19 heavy (non-hydrogen) atoms. The summed E-state index contributed by atoms with van der Waals surface area (Å²) < 4.78 is 18.3. The SMILES string of the molecule is Cc1cc(Br)cc(C)c1OCCC1COC(C)(C)O1. The van der Waals surface area contributed by atoms with Crippen molar-refractivity contribution in [3.8, 4) is 5.75 Å². The molecule has 1 unspecified atom stereocenters. The Kier molecular flexibility index (Phi) is 4.54. The van der Waals surface area contributed by atoms with Crippen molar-refractivity contribution in [3.63, 3.8) is 0 Å². The van der Waals surface area contributed by atoms with Gasteiger partial charge in [-0.05, 0) is 51.0 Å². The molecule has 1 fully saturated rings. The molecule has 106 valence electrons. The lowest BCUT2D eigenvalue weighted by Crippen LogP contribution is -2.22. The summed E-state index contributed by atoms with van der Waals surface area (Å²) in [4.78, 5) is 0. The first-order valence-corrected chi connectivity index (χ1v) is 7.38. The van der Waals surface area contributed by atoms with Gasteiger partial charge < -0.3 is 14.2 Å². The lowest BCUT2D eigenvalue weighted by atomic mass is 10.1. The third kappa shape index (κ3) is 3.94. The third-order valence-electron chi connectivity index (χ3n) is 3.18. The normalized spacial score (nSPS) is 21.6. The van der Waals surface area contributed by atoms with E-state index in [2.05, 4.69) is 41.9 Å². The van der Waals surface area contributed by atoms with Crippen molar-refractivity contribution < 1.29 is 14.2 Å². The molecule has 0 aliphatic carbocycles. The first-order chi connectivity index (χ1) is 8.87. The van der Waals surface area contributed by atoms with Gasteiger partial charge in [0, 0.05) is 10.9 Å². The maximum Gasteiger partial charge on any atom is 0.163 e. The van der Waals surface area contributed by atoms with Crippen LogP contribution in [0.25, 0.3) is 0 Å². The van der Waals surface area contributed by atoms with Crippen molar-refractivity contribution in [1.29, 1.82) is 0 Å². The van der Waals surface area contributed by atoms with Crippen LogP contribution in [0.3, 0.4) is 0 Å². The number of rotatable bonds is 4. The molecule has 1 atom stereocenters. The van der Waals surface area contributed by atoms with Crippen molar-refractivity contribution in [2.75, 3.05) is 13.2 Å². The minimum Gasteiger partial charge on any atom is -0.493 e. The van der Waals surface area contributed by atoms with Crippen LogP contribution in [0.5, 0.6) is 5.75 Å². The zero-order chi connectivity index (χ0) is 14.0. The van der Waals surface area contributed by atoms with E-state index in [-0.39, 0.29) is 6.10 Å². The second-order valence-corrected chi connectivity index (χ2v) is 6.37. The van der Waals surface area contributed by atoms with E-state index in [1.54, 1.807) is 0 Å². The highest BCUT2D eigenvalue weighted by atomic mass is 79.9. The van der Waals surface area contributed by atoms with E-state index in [0.29, 0.717) is 13.2 Å². The highest BCUT2D eigenvalue weighted by Gasteiger charge is 2.32. The van der Waals surface area contributed by atoms with Gasteiger partial charge in [0.05, 0.1) is 19.3 Å². The van der Waals surface area contributed by atoms with Crippen molar-refractivity contribution in [2.24, 2.45) is 0 Å². The number of ether oxygens (including phenoxy) is 3. The van der Waals surface area contributed by atoms with Gasteiger partial charge in [-0.3, -0.25) is 0 Å². The summed E-state index contributed by atoms with van der Waals surface area (Å²) in [6.45, 7) is 9.30. The average molecular weight is 329 g/mol. The van der Waals surface area contributed by atoms with Crippen LogP contribution in [0, 0.1) is 13.8 Å². The smallest absolute Gasteiger partial charge is 0.163 e. The highest BCUT2D eigenvalue weighted by Crippen LogP contribution is 2.28. The van der Waals surface area contributed by atoms with Gasteiger partial charge in [-0.15, -0.1) is 0 Å². The largest absolute Gasteiger partial charge is 0.493 e. The fourth-order valence-electron chi connectivity index (χ4n) is 2.32. The Hall–Kier alpha value is -0.580. The molecule has 1 heterocycles. The first kappa shape index (κ1) is 14.8. The maximum absolute atomic E-state index is 5.90. The zero-order valence-corrected chi connectivity index (χ0v) is 13.5. The van der Waals surface area contributed by atoms with E-state index < -0.39 is 5.79 Å². The molecule has 1 aliphatic rings. The van der Waals surface area contributed by atoms with Crippen LogP contribution in [-0.4, -0.2) is 25.1 Å². The molecular weight excluding hydrogens is 308 g/mol. The lowest BCUT2D eigenvalue weighted by molar-refractivity contribution is -0.139. The average Bonchev–Trinajstić information content (AvgIpc) is 2.62. The molecule has 0 amide bonds. The van der Waals surface area contributed by atoms with Gasteiger partial charge >= 0.3 is 0 Å². The lowest BCUT2D eigenvalue weighted by Gasteiger charge is -2.17. The zero-order valence-electron chi connectivity index (χ0n) is 12.0. The number of hydrogen-bond donors (Lipinski definition) is 0. The van der Waals surface area contributed by atoms with Crippen LogP contribution in [0.15, 0.2) is 16.6 Å². The molecule has 1 aromatic rings. The van der Waals surface area contributed by atoms with Crippen molar-refractivity contribution >= 4 is 15.9 Å². The predicted octanol–water partition coefficient (Wildman–Crippen LogP) is 3.99. The molecule has 0 saturated carbocycles. The molecule has 4 heteroatoms. The van der Waals surface area contributed by atoms with Gasteiger partial charge in [0.25, 0.3) is 0 Å². The van der Waals surface area contributed by atoms with Crippen LogP contribution >= 0.6 is 15.9 Å². The van der Waals surface area contributed by atoms with Crippen molar-refractivity contribution in [1.82, 2.24) is 0 Å². The van der Waals surface area contributed by atoms with Gasteiger partial charge in [-0.25, -0.2) is 0 Å². The van der Waals surface area contributed by atoms with Crippen LogP contribution < -0.4 is 4.74 Å². The molecule has 0 aromatic heterocycles. The van der Waals surface area contributed by atoms with Crippen LogP contribution in [0.1, 0.15) is 31.4 Å². The molecule has 0 spiro atoms. The second kappa shape index (κ2) is 5.81. The van der Waals surface area contributed by atoms with Gasteiger partial charge in [0.2, 0.25) is 0 Å². The van der Waals surface area contributed by atoms with Crippen LogP contribution in [0.4, 0.5) is 0 Å². The minimum absolute atomic E-state index is 0.131. The Morgan fingerprint density at radius 2 is 1.95 bits per heavy atom. The summed E-state index contributed by atoms with van der Waals surface area (Å²) in [5, 5.41) is 0. The Morgan fingerprint density at radius 3 is 2.47 bits per heavy atom. The molecule has 0 N–H and O–H groups in total. The molecule has 1 saturated heterocycles. The standard InChI is InChI=1S/C15H21BrO3/c1-10-7-12(16)8-11(2)14(10)17-6-5-13-9-18-15(3,4)19-13/h7-8,13H,5-6,9H2,1-4H3. The third-order valence-corrected chi connectivity index (χ3v) is 3.64. The summed E-state index contributed by atoms with van der Waals surface area (Å²) in [5.41, 5.74) is 2.30. The Balaban J connectivity index is 1.87. The number of halogens is 1. The highest BCUT2D eigenvalue weighted by molar-refractivity contribution is 9.10. The fourth-order valence-corrected chi connectivity index (χ4v) is 3.01. The molecule has 2 rings (SSSR count). The molecule has 1 aliphatic heterocycles. The monoisotopic (exact) mass is 328 g/mol. The molecule has 0 radical (unpaired) electrons. The topological polar surface area (TPSA) is 27.7 Å². The fraction of sp³-hybridized carbons (Fsp3) is 0.600. The summed E-state index contributed by atoms with van der Waals surface area (Å²) in [7, 11) is 0. The summed E-state index contributed by atoms with van der Waals surface area (Å²) in [6.07, 6.45) is 0.976. The van der Waals surface area contributed by atoms with E-state index in [4.69, 9.17) is 14.2 Å². The summed E-state index contributed by atoms with van der Waals surface area (Å²) >= 11 is 3.49. The second-order valence-electron chi connectivity index (χ2n) is 5.46. The van der Waals surface area contributed by atoms with Gasteiger partial charge in [0.15, 0.2) is 5.79 Å². The molecular formula is C15H21BrO3. The molecule has 1 aromatic carbocycles. The number of benzene rings is 1.